The largest absolute Gasteiger partial charge is 0.467 e. The number of amides is 3. The van der Waals surface area contributed by atoms with Gasteiger partial charge in [0.1, 0.15) is 11.8 Å². The third-order valence-corrected chi connectivity index (χ3v) is 3.69. The van der Waals surface area contributed by atoms with Crippen molar-refractivity contribution in [3.63, 3.8) is 0 Å². The fourth-order valence-electron chi connectivity index (χ4n) is 2.59. The highest BCUT2D eigenvalue weighted by Crippen LogP contribution is 2.19. The zero-order chi connectivity index (χ0) is 16.2. The predicted octanol–water partition coefficient (Wildman–Crippen LogP) is 1.89. The van der Waals surface area contributed by atoms with Crippen molar-refractivity contribution in [2.45, 2.75) is 32.4 Å². The smallest absolute Gasteiger partial charge is 0.324 e. The van der Waals surface area contributed by atoms with E-state index < -0.39 is 6.04 Å². The Labute approximate surface area is 132 Å². The van der Waals surface area contributed by atoms with Crippen LogP contribution in [0.25, 0.3) is 0 Å². The van der Waals surface area contributed by atoms with Crippen molar-refractivity contribution in [1.82, 2.24) is 15.4 Å². The zero-order valence-corrected chi connectivity index (χ0v) is 12.7. The summed E-state index contributed by atoms with van der Waals surface area (Å²) in [5.41, 5.74) is 0.675. The third kappa shape index (κ3) is 3.53. The number of anilines is 1. The number of hydrogen-bond acceptors (Lipinski definition) is 5. The fraction of sp³-hybridized carbons (Fsp3) is 0.400. The Balaban J connectivity index is 1.58. The Morgan fingerprint density at radius 2 is 2.35 bits per heavy atom. The van der Waals surface area contributed by atoms with Crippen LogP contribution >= 0.6 is 0 Å². The maximum Gasteiger partial charge on any atom is 0.324 e. The zero-order valence-electron chi connectivity index (χ0n) is 12.7. The first-order valence-electron chi connectivity index (χ1n) is 7.44. The van der Waals surface area contributed by atoms with Gasteiger partial charge in [-0.15, -0.1) is 0 Å². The molecule has 1 saturated heterocycles. The number of aromatic nitrogens is 1. The Bertz CT molecular complexity index is 679. The van der Waals surface area contributed by atoms with Gasteiger partial charge in [0.15, 0.2) is 0 Å². The highest BCUT2D eigenvalue weighted by molar-refractivity contribution is 5.93. The number of likely N-dealkylation sites (tertiary alicyclic amines) is 1. The van der Waals surface area contributed by atoms with E-state index in [9.17, 15) is 9.59 Å². The van der Waals surface area contributed by atoms with Gasteiger partial charge < -0.3 is 19.2 Å². The second-order valence-corrected chi connectivity index (χ2v) is 5.41. The van der Waals surface area contributed by atoms with Gasteiger partial charge in [0.25, 0.3) is 0 Å². The van der Waals surface area contributed by atoms with Crippen molar-refractivity contribution in [1.29, 1.82) is 0 Å². The summed E-state index contributed by atoms with van der Waals surface area (Å²) < 4.78 is 10.1. The molecule has 0 unspecified atom stereocenters. The molecule has 0 aromatic carbocycles. The Kier molecular flexibility index (Phi) is 4.31. The minimum atomic E-state index is -0.492. The number of carbonyl (C=O) groups excluding carboxylic acids is 2. The van der Waals surface area contributed by atoms with Gasteiger partial charge in [-0.25, -0.2) is 4.79 Å². The lowest BCUT2D eigenvalue weighted by molar-refractivity contribution is -0.124. The summed E-state index contributed by atoms with van der Waals surface area (Å²) in [6.07, 6.45) is 2.96. The number of rotatable bonds is 4. The van der Waals surface area contributed by atoms with Gasteiger partial charge in [0, 0.05) is 12.6 Å². The molecule has 2 N–H and O–H groups in total. The molecule has 0 bridgehead atoms. The summed E-state index contributed by atoms with van der Waals surface area (Å²) in [5, 5.41) is 9.12. The van der Waals surface area contributed by atoms with Crippen LogP contribution < -0.4 is 10.6 Å². The van der Waals surface area contributed by atoms with Gasteiger partial charge in [-0.05, 0) is 31.9 Å². The fourth-order valence-corrected chi connectivity index (χ4v) is 2.59. The van der Waals surface area contributed by atoms with Gasteiger partial charge in [0.2, 0.25) is 11.8 Å². The maximum atomic E-state index is 12.3. The number of hydrogen-bond donors (Lipinski definition) is 2. The molecular weight excluding hydrogens is 300 g/mol. The van der Waals surface area contributed by atoms with E-state index in [4.69, 9.17) is 8.94 Å². The first-order valence-corrected chi connectivity index (χ1v) is 7.44. The molecule has 1 aliphatic heterocycles. The Morgan fingerprint density at radius 3 is 3.04 bits per heavy atom. The molecule has 8 heteroatoms. The van der Waals surface area contributed by atoms with Crippen LogP contribution in [0.4, 0.5) is 10.7 Å². The van der Waals surface area contributed by atoms with E-state index in [0.717, 1.165) is 6.42 Å². The van der Waals surface area contributed by atoms with E-state index in [-0.39, 0.29) is 17.8 Å². The first-order chi connectivity index (χ1) is 11.1. The molecule has 23 heavy (non-hydrogen) atoms. The van der Waals surface area contributed by atoms with Gasteiger partial charge in [0.05, 0.1) is 18.5 Å². The van der Waals surface area contributed by atoms with Gasteiger partial charge >= 0.3 is 6.03 Å². The molecule has 0 saturated carbocycles. The lowest BCUT2D eigenvalue weighted by Crippen LogP contribution is -2.47. The highest BCUT2D eigenvalue weighted by Gasteiger charge is 2.34. The van der Waals surface area contributed by atoms with Crippen LogP contribution in [0.3, 0.4) is 0 Å². The van der Waals surface area contributed by atoms with Crippen LogP contribution in [0.2, 0.25) is 0 Å². The van der Waals surface area contributed by atoms with Crippen LogP contribution in [0, 0.1) is 6.92 Å². The number of nitrogens with one attached hydrogen (secondary N) is 2. The van der Waals surface area contributed by atoms with E-state index >= 15 is 0 Å². The summed E-state index contributed by atoms with van der Waals surface area (Å²) >= 11 is 0. The molecule has 0 aliphatic carbocycles. The van der Waals surface area contributed by atoms with Crippen LogP contribution in [0.5, 0.6) is 0 Å². The van der Waals surface area contributed by atoms with Crippen LogP contribution in [0.1, 0.15) is 24.3 Å². The number of carbonyl (C=O) groups is 2. The average Bonchev–Trinajstić information content (AvgIpc) is 3.26. The lowest BCUT2D eigenvalue weighted by atomic mass is 10.2. The molecule has 3 amide bonds. The predicted molar refractivity (Wildman–Crippen MR) is 80.5 cm³/mol. The van der Waals surface area contributed by atoms with E-state index in [1.165, 1.54) is 4.90 Å². The molecule has 3 rings (SSSR count). The summed E-state index contributed by atoms with van der Waals surface area (Å²) in [5.74, 6) is 0.751. The normalized spacial score (nSPS) is 17.3. The average molecular weight is 318 g/mol. The summed E-state index contributed by atoms with van der Waals surface area (Å²) in [7, 11) is 0. The third-order valence-electron chi connectivity index (χ3n) is 3.69. The monoisotopic (exact) mass is 318 g/mol. The molecule has 1 atom stereocenters. The second-order valence-electron chi connectivity index (χ2n) is 5.41. The summed E-state index contributed by atoms with van der Waals surface area (Å²) in [6, 6.07) is 4.31. The minimum absolute atomic E-state index is 0.192. The molecule has 0 spiro atoms. The number of aryl methyl sites for hydroxylation is 1. The molecule has 2 aromatic rings. The lowest BCUT2D eigenvalue weighted by Gasteiger charge is -2.23. The summed E-state index contributed by atoms with van der Waals surface area (Å²) in [6.45, 7) is 2.59. The Hall–Kier alpha value is -2.77. The van der Waals surface area contributed by atoms with Crippen molar-refractivity contribution in [2.75, 3.05) is 11.9 Å². The van der Waals surface area contributed by atoms with Crippen molar-refractivity contribution < 1.29 is 18.5 Å². The molecule has 122 valence electrons. The van der Waals surface area contributed by atoms with Crippen LogP contribution in [-0.2, 0) is 11.3 Å². The number of urea groups is 1. The molecule has 8 nitrogen and oxygen atoms in total. The minimum Gasteiger partial charge on any atom is -0.467 e. The molecule has 2 aromatic heterocycles. The molecule has 1 aliphatic rings. The van der Waals surface area contributed by atoms with Crippen molar-refractivity contribution in [3.8, 4) is 0 Å². The molecule has 0 radical (unpaired) electrons. The van der Waals surface area contributed by atoms with Crippen molar-refractivity contribution in [2.24, 2.45) is 0 Å². The molecule has 1 fully saturated rings. The molecule has 3 heterocycles. The van der Waals surface area contributed by atoms with E-state index in [2.05, 4.69) is 15.8 Å². The van der Waals surface area contributed by atoms with Gasteiger partial charge in [-0.1, -0.05) is 5.16 Å². The van der Waals surface area contributed by atoms with E-state index in [1.807, 2.05) is 0 Å². The second kappa shape index (κ2) is 6.55. The maximum absolute atomic E-state index is 12.3. The number of nitrogens with zero attached hydrogens (tertiary/aromatic N) is 2. The SMILES string of the molecule is Cc1cc(NC(=O)N2CCC[C@H]2C(=O)NCc2ccco2)on1. The summed E-state index contributed by atoms with van der Waals surface area (Å²) in [4.78, 5) is 26.1. The topological polar surface area (TPSA) is 101 Å². The van der Waals surface area contributed by atoms with Crippen LogP contribution in [-0.4, -0.2) is 34.6 Å². The van der Waals surface area contributed by atoms with Gasteiger partial charge in [-0.2, -0.15) is 0 Å². The van der Waals surface area contributed by atoms with Gasteiger partial charge in [-0.3, -0.25) is 10.1 Å². The number of furan rings is 1. The standard InChI is InChI=1S/C15H18N4O4/c1-10-8-13(23-18-10)17-15(21)19-6-2-5-12(19)14(20)16-9-11-4-3-7-22-11/h3-4,7-8,12H,2,5-6,9H2,1H3,(H,16,20)(H,17,21)/t12-/m0/s1. The van der Waals surface area contributed by atoms with Crippen molar-refractivity contribution >= 4 is 17.8 Å². The van der Waals surface area contributed by atoms with E-state index in [0.29, 0.717) is 31.0 Å². The Morgan fingerprint density at radius 1 is 1.48 bits per heavy atom. The van der Waals surface area contributed by atoms with E-state index in [1.54, 1.807) is 31.4 Å². The quantitative estimate of drug-likeness (QED) is 0.896. The first kappa shape index (κ1) is 15.1. The van der Waals surface area contributed by atoms with Crippen LogP contribution in [0.15, 0.2) is 33.4 Å². The molecular formula is C15H18N4O4. The highest BCUT2D eigenvalue weighted by atomic mass is 16.5. The van der Waals surface area contributed by atoms with Crippen molar-refractivity contribution in [3.05, 3.63) is 35.9 Å².